The molecule has 0 amide bonds. The van der Waals surface area contributed by atoms with Gasteiger partial charge in [0.15, 0.2) is 0 Å². The first-order chi connectivity index (χ1) is 26.8. The molecule has 0 atom stereocenters. The third kappa shape index (κ3) is 11.2. The number of benzene rings is 4. The third-order valence-corrected chi connectivity index (χ3v) is 11.7. The van der Waals surface area contributed by atoms with Gasteiger partial charge in [-0.15, -0.1) is 0 Å². The van der Waals surface area contributed by atoms with Crippen molar-refractivity contribution in [3.8, 4) is 11.5 Å². The van der Waals surface area contributed by atoms with Gasteiger partial charge >= 0.3 is 0 Å². The van der Waals surface area contributed by atoms with Crippen molar-refractivity contribution in [3.05, 3.63) is 129 Å². The quantitative estimate of drug-likeness (QED) is 0.0283. The zero-order valence-electron chi connectivity index (χ0n) is 35.0. The maximum absolute atomic E-state index is 12.4. The van der Waals surface area contributed by atoms with Crippen LogP contribution in [0.2, 0.25) is 0 Å². The molecule has 300 valence electrons. The molecular formula is C49H72N4O2. The molecule has 0 radical (unpaired) electrons. The summed E-state index contributed by atoms with van der Waals surface area (Å²) in [5, 5.41) is 38.9. The van der Waals surface area contributed by atoms with E-state index in [2.05, 4.69) is 83.6 Å². The van der Waals surface area contributed by atoms with Crippen molar-refractivity contribution >= 4 is 0 Å². The van der Waals surface area contributed by atoms with Crippen LogP contribution in [0.5, 0.6) is 11.5 Å². The standard InChI is InChI=1S/C49H72N4O2/c1-7-9-11-13-15-17-21-27-38-33-40(46(54)44(35-38)48(50-3,51-4)42-29-23-19-24-30-42)37-41-34-39(28-22-18-16-14-12-10-8-2)36-45(47(41)55)49(52-5,53-6)43-31-25-20-26-32-43/h19-20,23-26,29-36,50-55H,7-18,21-22,27-28,37H2,1-6H3. The van der Waals surface area contributed by atoms with E-state index in [0.717, 1.165) is 59.1 Å². The Morgan fingerprint density at radius 1 is 0.436 bits per heavy atom. The highest BCUT2D eigenvalue weighted by atomic mass is 16.3. The molecule has 6 N–H and O–H groups in total. The largest absolute Gasteiger partial charge is 0.507 e. The van der Waals surface area contributed by atoms with Gasteiger partial charge < -0.3 is 10.2 Å². The van der Waals surface area contributed by atoms with Gasteiger partial charge in [0.1, 0.15) is 22.8 Å². The molecule has 0 heterocycles. The maximum Gasteiger partial charge on any atom is 0.125 e. The number of hydrogen-bond donors (Lipinski definition) is 6. The van der Waals surface area contributed by atoms with Crippen molar-refractivity contribution in [1.82, 2.24) is 21.3 Å². The summed E-state index contributed by atoms with van der Waals surface area (Å²) in [6.07, 6.45) is 19.7. The average Bonchev–Trinajstić information content (AvgIpc) is 3.22. The van der Waals surface area contributed by atoms with Crippen LogP contribution in [-0.2, 0) is 30.6 Å². The van der Waals surface area contributed by atoms with Crippen LogP contribution in [0.3, 0.4) is 0 Å². The SMILES string of the molecule is CCCCCCCCCc1cc(Cc2cc(CCCCCCCCC)cc(C(NC)(NC)c3ccccc3)c2O)c(O)c(C(NC)(NC)c2ccccc2)c1. The molecule has 4 aromatic rings. The zero-order chi connectivity index (χ0) is 39.5. The lowest BCUT2D eigenvalue weighted by atomic mass is 9.84. The molecule has 0 bridgehead atoms. The first-order valence-corrected chi connectivity index (χ1v) is 21.4. The van der Waals surface area contributed by atoms with Crippen LogP contribution in [0.25, 0.3) is 0 Å². The van der Waals surface area contributed by atoms with Crippen LogP contribution in [0.15, 0.2) is 84.9 Å². The van der Waals surface area contributed by atoms with E-state index in [4.69, 9.17) is 0 Å². The van der Waals surface area contributed by atoms with Crippen LogP contribution in [0.4, 0.5) is 0 Å². The van der Waals surface area contributed by atoms with Gasteiger partial charge in [0.2, 0.25) is 0 Å². The Hall–Kier alpha value is -3.68. The van der Waals surface area contributed by atoms with Gasteiger partial charge in [0.25, 0.3) is 0 Å². The summed E-state index contributed by atoms with van der Waals surface area (Å²) < 4.78 is 0. The van der Waals surface area contributed by atoms with E-state index in [9.17, 15) is 10.2 Å². The van der Waals surface area contributed by atoms with Gasteiger partial charge in [0, 0.05) is 17.5 Å². The second kappa shape index (κ2) is 22.8. The molecule has 0 fully saturated rings. The fourth-order valence-electron chi connectivity index (χ4n) is 8.48. The molecule has 55 heavy (non-hydrogen) atoms. The van der Waals surface area contributed by atoms with E-state index < -0.39 is 11.3 Å². The molecule has 0 aromatic heterocycles. The molecular weight excluding hydrogens is 677 g/mol. The number of aromatic hydroxyl groups is 2. The van der Waals surface area contributed by atoms with E-state index in [1.54, 1.807) is 0 Å². The van der Waals surface area contributed by atoms with Crippen molar-refractivity contribution in [1.29, 1.82) is 0 Å². The van der Waals surface area contributed by atoms with E-state index in [1.807, 2.05) is 64.6 Å². The molecule has 6 heteroatoms. The summed E-state index contributed by atoms with van der Waals surface area (Å²) in [5.41, 5.74) is 6.02. The summed E-state index contributed by atoms with van der Waals surface area (Å²) in [7, 11) is 7.76. The fourth-order valence-corrected chi connectivity index (χ4v) is 8.48. The van der Waals surface area contributed by atoms with Crippen molar-refractivity contribution in [3.63, 3.8) is 0 Å². The molecule has 0 aliphatic carbocycles. The smallest absolute Gasteiger partial charge is 0.125 e. The first-order valence-electron chi connectivity index (χ1n) is 21.4. The molecule has 4 rings (SSSR count). The lowest BCUT2D eigenvalue weighted by Crippen LogP contribution is -2.52. The molecule has 0 saturated carbocycles. The Morgan fingerprint density at radius 3 is 1.09 bits per heavy atom. The van der Waals surface area contributed by atoms with Crippen molar-refractivity contribution in [2.45, 2.75) is 134 Å². The molecule has 4 aromatic carbocycles. The zero-order valence-corrected chi connectivity index (χ0v) is 35.0. The average molecular weight is 749 g/mol. The monoisotopic (exact) mass is 749 g/mol. The predicted octanol–water partition coefficient (Wildman–Crippen LogP) is 10.6. The van der Waals surface area contributed by atoms with Gasteiger partial charge in [-0.1, -0.05) is 164 Å². The van der Waals surface area contributed by atoms with Crippen molar-refractivity contribution in [2.75, 3.05) is 28.2 Å². The van der Waals surface area contributed by atoms with Crippen molar-refractivity contribution < 1.29 is 10.2 Å². The number of aryl methyl sites for hydroxylation is 2. The molecule has 0 aliphatic heterocycles. The highest BCUT2D eigenvalue weighted by Crippen LogP contribution is 2.41. The van der Waals surface area contributed by atoms with Crippen LogP contribution in [0.1, 0.15) is 148 Å². The van der Waals surface area contributed by atoms with Crippen LogP contribution in [0, 0.1) is 0 Å². The summed E-state index contributed by atoms with van der Waals surface area (Å²) in [6.45, 7) is 4.53. The number of phenols is 2. The number of nitrogens with one attached hydrogen (secondary N) is 4. The third-order valence-electron chi connectivity index (χ3n) is 11.7. The minimum Gasteiger partial charge on any atom is -0.507 e. The maximum atomic E-state index is 12.4. The van der Waals surface area contributed by atoms with E-state index in [1.165, 1.54) is 88.2 Å². The molecule has 6 nitrogen and oxygen atoms in total. The van der Waals surface area contributed by atoms with Gasteiger partial charge in [-0.2, -0.15) is 0 Å². The van der Waals surface area contributed by atoms with Crippen LogP contribution in [-0.4, -0.2) is 38.4 Å². The number of hydrogen-bond acceptors (Lipinski definition) is 6. The molecule has 0 spiro atoms. The van der Waals surface area contributed by atoms with E-state index >= 15 is 0 Å². The van der Waals surface area contributed by atoms with E-state index in [0.29, 0.717) is 6.42 Å². The Labute approximate surface area is 334 Å². The molecule has 0 saturated heterocycles. The number of unbranched alkanes of at least 4 members (excludes halogenated alkanes) is 12. The summed E-state index contributed by atoms with van der Waals surface area (Å²) >= 11 is 0. The van der Waals surface area contributed by atoms with Gasteiger partial charge in [-0.3, -0.25) is 21.3 Å². The Balaban J connectivity index is 1.81. The summed E-state index contributed by atoms with van der Waals surface area (Å²) in [6, 6.07) is 29.3. The lowest BCUT2D eigenvalue weighted by Gasteiger charge is -2.36. The first kappa shape index (κ1) is 44.0. The van der Waals surface area contributed by atoms with Gasteiger partial charge in [-0.25, -0.2) is 0 Å². The van der Waals surface area contributed by atoms with Crippen LogP contribution >= 0.6 is 0 Å². The second-order valence-electron chi connectivity index (χ2n) is 15.5. The Morgan fingerprint density at radius 2 is 0.764 bits per heavy atom. The van der Waals surface area contributed by atoms with Crippen LogP contribution < -0.4 is 21.3 Å². The minimum atomic E-state index is -0.816. The summed E-state index contributed by atoms with van der Waals surface area (Å²) in [4.78, 5) is 0. The van der Waals surface area contributed by atoms with Crippen molar-refractivity contribution in [2.24, 2.45) is 0 Å². The molecule has 0 aliphatic rings. The summed E-state index contributed by atoms with van der Waals surface area (Å²) in [5.74, 6) is 0.483. The minimum absolute atomic E-state index is 0.242. The highest BCUT2D eigenvalue weighted by molar-refractivity contribution is 5.57. The van der Waals surface area contributed by atoms with Gasteiger partial charge in [-0.05, 0) is 99.4 Å². The molecule has 0 unspecified atom stereocenters. The number of phenolic OH excluding ortho intramolecular Hbond substituents is 2. The second-order valence-corrected chi connectivity index (χ2v) is 15.5. The Bertz CT molecular complexity index is 1560. The normalized spacial score (nSPS) is 12.0. The topological polar surface area (TPSA) is 88.6 Å². The fraction of sp³-hybridized carbons (Fsp3) is 0.510. The Kier molecular flexibility index (Phi) is 18.2. The van der Waals surface area contributed by atoms with Gasteiger partial charge in [0.05, 0.1) is 0 Å². The number of rotatable bonds is 26. The lowest BCUT2D eigenvalue weighted by molar-refractivity contribution is 0.348. The van der Waals surface area contributed by atoms with E-state index in [-0.39, 0.29) is 11.5 Å². The predicted molar refractivity (Wildman–Crippen MR) is 233 cm³/mol. The highest BCUT2D eigenvalue weighted by Gasteiger charge is 2.37.